The van der Waals surface area contributed by atoms with Crippen LogP contribution in [0.5, 0.6) is 11.5 Å². The number of primary amides is 1. The zero-order chi connectivity index (χ0) is 63.0. The first-order chi connectivity index (χ1) is 40.9. The lowest BCUT2D eigenvalue weighted by Crippen LogP contribution is -2.62. The van der Waals surface area contributed by atoms with E-state index in [2.05, 4.69) is 42.5 Å². The predicted octanol–water partition coefficient (Wildman–Crippen LogP) is -1.51. The fraction of sp³-hybridized carbons (Fsp3) is 0.421. The minimum atomic E-state index is -1.79. The van der Waals surface area contributed by atoms with Crippen molar-refractivity contribution < 1.29 is 68.7 Å². The lowest BCUT2D eigenvalue weighted by Gasteiger charge is -2.29. The van der Waals surface area contributed by atoms with Crippen molar-refractivity contribution in [3.63, 3.8) is 0 Å². The topological polar surface area (TPSA) is 455 Å². The number of nitrogens with two attached hydrogens (primary N) is 4. The van der Waals surface area contributed by atoms with Crippen LogP contribution in [-0.4, -0.2) is 164 Å². The Hall–Kier alpha value is -7.54. The zero-order valence-corrected chi connectivity index (χ0v) is 49.4. The standard InChI is InChI=1S/C57H75ClN12O14S2/c1-30(71)48-57(84)69-46(55(82)65-42(49(62)76)25-33-9-17-37(72)18-10-33)29-86-85-28-45(68-51(78)40(61)24-31-5-13-35(58)14-6-31)56(83)67-44(27-34-11-19-38(73)20-12-34)54(81)66-43(53(80)64-41(52(79)70-48)4-2-3-23-59)26-32-7-15-36(16-8-32)63-50(77)39(60)21-22-47(74)75/h5-20,30,39-48,71-75H,2-4,21-29,59-61H2,1H3,(H2,62,76)(H,63,77)(H,64,80)(H,65,82)(H,66,81)(H,67,83)(H,68,78)(H,69,84)(H,70,79)/t30-,39+,40+,41+,42-,43-,44+,45-,46+,48+/m1/s1. The number of phenols is 2. The van der Waals surface area contributed by atoms with Crippen LogP contribution in [0.2, 0.25) is 5.02 Å². The highest BCUT2D eigenvalue weighted by Gasteiger charge is 2.37. The smallest absolute Gasteiger partial charge is 0.245 e. The molecule has 4 aromatic rings. The van der Waals surface area contributed by atoms with E-state index >= 15 is 0 Å². The van der Waals surface area contributed by atoms with Crippen LogP contribution >= 0.6 is 33.2 Å². The normalized spacial score (nSPS) is 20.7. The third kappa shape index (κ3) is 23.0. The maximum Gasteiger partial charge on any atom is 0.245 e. The number of aromatic hydroxyl groups is 2. The van der Waals surface area contributed by atoms with Gasteiger partial charge in [0, 0.05) is 41.5 Å². The summed E-state index contributed by atoms with van der Waals surface area (Å²) in [6.07, 6.45) is -3.64. The Kier molecular flexibility index (Phi) is 27.8. The van der Waals surface area contributed by atoms with Gasteiger partial charge in [-0.1, -0.05) is 81.7 Å². The van der Waals surface area contributed by atoms with Crippen molar-refractivity contribution >= 4 is 92.0 Å². The summed E-state index contributed by atoms with van der Waals surface area (Å²) in [6, 6.07) is 11.0. The molecular weight excluding hydrogens is 1180 g/mol. The second-order valence-corrected chi connectivity index (χ2v) is 23.6. The van der Waals surface area contributed by atoms with E-state index in [1.165, 1.54) is 79.7 Å². The number of carbonyl (C=O) groups excluding carboxylic acids is 9. The van der Waals surface area contributed by atoms with Crippen LogP contribution in [0.25, 0.3) is 0 Å². The highest BCUT2D eigenvalue weighted by atomic mass is 35.5. The molecule has 0 aliphatic carbocycles. The van der Waals surface area contributed by atoms with E-state index in [4.69, 9.17) is 34.5 Å². The lowest BCUT2D eigenvalue weighted by molar-refractivity contribution is -0.136. The van der Waals surface area contributed by atoms with Gasteiger partial charge in [-0.05, 0) is 123 Å². The minimum Gasteiger partial charge on any atom is -0.508 e. The predicted molar refractivity (Wildman–Crippen MR) is 323 cm³/mol. The summed E-state index contributed by atoms with van der Waals surface area (Å²) in [5.74, 6) is -8.91. The number of nitrogens with one attached hydrogen (secondary N) is 8. The molecule has 1 saturated heterocycles. The summed E-state index contributed by atoms with van der Waals surface area (Å²) in [5, 5.41) is 70.9. The Balaban J connectivity index is 1.57. The number of rotatable bonds is 23. The van der Waals surface area contributed by atoms with Gasteiger partial charge in [-0.25, -0.2) is 0 Å². The summed E-state index contributed by atoms with van der Waals surface area (Å²) in [6.45, 7) is 1.38. The van der Waals surface area contributed by atoms with Crippen LogP contribution in [0.15, 0.2) is 97.1 Å². The van der Waals surface area contributed by atoms with E-state index in [0.717, 1.165) is 21.6 Å². The number of benzene rings is 4. The number of aliphatic hydroxyl groups is 3. The van der Waals surface area contributed by atoms with E-state index < -0.39 is 120 Å². The summed E-state index contributed by atoms with van der Waals surface area (Å²) < 4.78 is 0. The molecule has 1 aliphatic rings. The van der Waals surface area contributed by atoms with Gasteiger partial charge in [-0.3, -0.25) is 43.2 Å². The Bertz CT molecular complexity index is 2930. The summed E-state index contributed by atoms with van der Waals surface area (Å²) in [4.78, 5) is 127. The fourth-order valence-electron chi connectivity index (χ4n) is 8.65. The Labute approximate surface area is 509 Å². The Morgan fingerprint density at radius 3 is 1.69 bits per heavy atom. The van der Waals surface area contributed by atoms with Crippen LogP contribution in [0.4, 0.5) is 5.69 Å². The summed E-state index contributed by atoms with van der Waals surface area (Å²) in [5.41, 5.74) is 26.1. The average molecular weight is 1250 g/mol. The van der Waals surface area contributed by atoms with Crippen LogP contribution in [0, 0.1) is 0 Å². The fourth-order valence-corrected chi connectivity index (χ4v) is 11.1. The molecule has 0 aromatic heterocycles. The van der Waals surface area contributed by atoms with Gasteiger partial charge in [0.05, 0.1) is 18.2 Å². The second-order valence-electron chi connectivity index (χ2n) is 20.6. The average Bonchev–Trinajstić information content (AvgIpc) is 3.68. The number of anilines is 1. The number of amides is 9. The van der Waals surface area contributed by atoms with Gasteiger partial charge in [-0.15, -0.1) is 0 Å². The van der Waals surface area contributed by atoms with Crippen LogP contribution in [-0.2, 0) is 68.8 Å². The van der Waals surface area contributed by atoms with Crippen molar-refractivity contribution in [3.05, 3.63) is 124 Å². The molecule has 21 N–H and O–H groups in total. The van der Waals surface area contributed by atoms with Gasteiger partial charge < -0.3 is 91.0 Å². The van der Waals surface area contributed by atoms with Crippen LogP contribution in [0.3, 0.4) is 0 Å². The molecule has 0 radical (unpaired) electrons. The molecular formula is C57H75ClN12O14S2. The zero-order valence-electron chi connectivity index (χ0n) is 47.0. The van der Waals surface area contributed by atoms with Gasteiger partial charge in [0.1, 0.15) is 53.8 Å². The number of hydrogen-bond donors (Lipinski definition) is 17. The van der Waals surface area contributed by atoms with Gasteiger partial charge in [0.25, 0.3) is 0 Å². The van der Waals surface area contributed by atoms with E-state index in [1.54, 1.807) is 24.3 Å². The van der Waals surface area contributed by atoms with Crippen molar-refractivity contribution in [1.29, 1.82) is 0 Å². The quantitative estimate of drug-likeness (QED) is 0.0228. The van der Waals surface area contributed by atoms with E-state index in [1.807, 2.05) is 0 Å². The molecule has 5 rings (SSSR count). The highest BCUT2D eigenvalue weighted by Crippen LogP contribution is 2.25. The lowest BCUT2D eigenvalue weighted by atomic mass is 10.0. The van der Waals surface area contributed by atoms with Crippen LogP contribution in [0.1, 0.15) is 61.3 Å². The van der Waals surface area contributed by atoms with Crippen molar-refractivity contribution in [2.24, 2.45) is 22.9 Å². The molecule has 0 bridgehead atoms. The maximum absolute atomic E-state index is 14.9. The molecule has 4 aromatic carbocycles. The molecule has 1 heterocycles. The molecule has 86 heavy (non-hydrogen) atoms. The SMILES string of the molecule is C[C@@H](O)[C@@H]1NC(=O)[C@H](CCCCN)NC(=O)[C@@H](Cc2ccc(NC(=O)[C@@H](N)CCC(O)O)cc2)NC(=O)[C@H](Cc2ccc(O)cc2)NC(=O)[C@H](NC(=O)[C@@H](N)Cc2ccc(Cl)cc2)CSSC[C@@H](C(=O)N[C@H](Cc2ccc(O)cc2)C(N)=O)NC1=O. The monoisotopic (exact) mass is 1250 g/mol. The molecule has 1 fully saturated rings. The molecule has 0 spiro atoms. The first kappa shape index (κ1) is 69.2. The first-order valence-corrected chi connectivity index (χ1v) is 30.4. The third-order valence-corrected chi connectivity index (χ3v) is 16.3. The van der Waals surface area contributed by atoms with Crippen molar-refractivity contribution in [3.8, 4) is 11.5 Å². The van der Waals surface area contributed by atoms with Gasteiger partial charge in [-0.2, -0.15) is 0 Å². The number of phenolic OH excluding ortho intramolecular Hbond substituents is 2. The molecule has 29 heteroatoms. The summed E-state index contributed by atoms with van der Waals surface area (Å²) in [7, 11) is 1.87. The number of hydrogen-bond acceptors (Lipinski definition) is 19. The Morgan fingerprint density at radius 1 is 0.616 bits per heavy atom. The van der Waals surface area contributed by atoms with Crippen LogP contribution < -0.4 is 65.5 Å². The molecule has 9 amide bonds. The second kappa shape index (κ2) is 34.6. The highest BCUT2D eigenvalue weighted by molar-refractivity contribution is 8.76. The van der Waals surface area contributed by atoms with Gasteiger partial charge >= 0.3 is 0 Å². The first-order valence-electron chi connectivity index (χ1n) is 27.5. The Morgan fingerprint density at radius 2 is 1.13 bits per heavy atom. The van der Waals surface area contributed by atoms with Crippen molar-refractivity contribution in [2.45, 2.75) is 131 Å². The van der Waals surface area contributed by atoms with Crippen molar-refractivity contribution in [1.82, 2.24) is 37.2 Å². The molecule has 466 valence electrons. The summed E-state index contributed by atoms with van der Waals surface area (Å²) >= 11 is 6.08. The molecule has 1 aliphatic heterocycles. The number of aliphatic hydroxyl groups excluding tert-OH is 2. The maximum atomic E-state index is 14.9. The van der Waals surface area contributed by atoms with Gasteiger partial charge in [0.15, 0.2) is 6.29 Å². The van der Waals surface area contributed by atoms with Crippen molar-refractivity contribution in [2.75, 3.05) is 23.4 Å². The number of carbonyl (C=O) groups is 9. The molecule has 0 unspecified atom stereocenters. The van der Waals surface area contributed by atoms with Gasteiger partial charge in [0.2, 0.25) is 53.2 Å². The largest absolute Gasteiger partial charge is 0.508 e. The molecule has 10 atom stereocenters. The van der Waals surface area contributed by atoms with E-state index in [-0.39, 0.29) is 86.6 Å². The van der Waals surface area contributed by atoms with E-state index in [9.17, 15) is 68.7 Å². The number of unbranched alkanes of at least 4 members (excludes halogenated alkanes) is 1. The van der Waals surface area contributed by atoms with E-state index in [0.29, 0.717) is 33.7 Å². The number of halogens is 1. The minimum absolute atomic E-state index is 0.00854. The molecule has 0 saturated carbocycles. The molecule has 26 nitrogen and oxygen atoms in total. The third-order valence-electron chi connectivity index (χ3n) is 13.6.